The fourth-order valence-electron chi connectivity index (χ4n) is 4.04. The molecular weight excluding hydrogens is 481 g/mol. The van der Waals surface area contributed by atoms with Crippen molar-refractivity contribution in [1.29, 1.82) is 0 Å². The molecule has 5 aromatic rings. The molecule has 0 spiro atoms. The van der Waals surface area contributed by atoms with Gasteiger partial charge in [0.15, 0.2) is 0 Å². The van der Waals surface area contributed by atoms with Crippen LogP contribution in [0.3, 0.4) is 0 Å². The summed E-state index contributed by atoms with van der Waals surface area (Å²) in [6, 6.07) is 22.1. The zero-order valence-electron chi connectivity index (χ0n) is 19.3. The smallest absolute Gasteiger partial charge is 0.259 e. The van der Waals surface area contributed by atoms with Gasteiger partial charge >= 0.3 is 0 Å². The van der Waals surface area contributed by atoms with Crippen LogP contribution in [0.15, 0.2) is 83.7 Å². The lowest BCUT2D eigenvalue weighted by atomic mass is 10.1. The van der Waals surface area contributed by atoms with E-state index in [2.05, 4.69) is 15.1 Å². The molecule has 0 unspecified atom stereocenters. The lowest BCUT2D eigenvalue weighted by molar-refractivity contribution is 0.0725. The number of nitrogens with zero attached hydrogens (tertiary/aromatic N) is 4. The Bertz CT molecular complexity index is 1610. The average Bonchev–Trinajstić information content (AvgIpc) is 3.18. The zero-order valence-corrected chi connectivity index (χ0v) is 20.0. The van der Waals surface area contributed by atoms with Gasteiger partial charge in [-0.1, -0.05) is 54.1 Å². The molecule has 0 aliphatic carbocycles. The summed E-state index contributed by atoms with van der Waals surface area (Å²) < 4.78 is 15.0. The largest absolute Gasteiger partial charge is 0.327 e. The minimum Gasteiger partial charge on any atom is -0.327 e. The molecular formula is C27H21ClFN5O2. The van der Waals surface area contributed by atoms with Gasteiger partial charge in [0.1, 0.15) is 16.8 Å². The molecule has 36 heavy (non-hydrogen) atoms. The maximum absolute atomic E-state index is 13.8. The van der Waals surface area contributed by atoms with Crippen LogP contribution in [0.4, 0.5) is 4.39 Å². The van der Waals surface area contributed by atoms with E-state index in [9.17, 15) is 14.0 Å². The number of hydrogen-bond donors (Lipinski definition) is 1. The topological polar surface area (TPSA) is 83.9 Å². The SMILES string of the molecule is Cc1nn(-c2ccccc2)c(Cl)c1C(=O)N(Cc1ccc(F)cc1)Cc1nc2ccccc2c(=O)[nH]1. The van der Waals surface area contributed by atoms with Gasteiger partial charge in [-0.15, -0.1) is 0 Å². The van der Waals surface area contributed by atoms with E-state index in [1.165, 1.54) is 21.7 Å². The first-order valence-corrected chi connectivity index (χ1v) is 11.6. The van der Waals surface area contributed by atoms with E-state index in [0.29, 0.717) is 28.0 Å². The number of para-hydroxylation sites is 2. The van der Waals surface area contributed by atoms with E-state index in [1.807, 2.05) is 30.3 Å². The van der Waals surface area contributed by atoms with Crippen LogP contribution in [0.25, 0.3) is 16.6 Å². The van der Waals surface area contributed by atoms with Crippen LogP contribution in [0.1, 0.15) is 27.4 Å². The highest BCUT2D eigenvalue weighted by Crippen LogP contribution is 2.26. The Labute approximate surface area is 210 Å². The fraction of sp³-hybridized carbons (Fsp3) is 0.111. The molecule has 7 nitrogen and oxygen atoms in total. The van der Waals surface area contributed by atoms with Crippen molar-refractivity contribution in [2.45, 2.75) is 20.0 Å². The van der Waals surface area contributed by atoms with Gasteiger partial charge in [-0.05, 0) is 48.9 Å². The molecule has 2 heterocycles. The number of aryl methyl sites for hydroxylation is 1. The Morgan fingerprint density at radius 2 is 1.69 bits per heavy atom. The second-order valence-electron chi connectivity index (χ2n) is 8.32. The minimum atomic E-state index is -0.389. The van der Waals surface area contributed by atoms with Gasteiger partial charge in [0.25, 0.3) is 11.5 Å². The van der Waals surface area contributed by atoms with E-state index in [-0.39, 0.29) is 41.1 Å². The normalized spacial score (nSPS) is 11.1. The third-order valence-corrected chi connectivity index (χ3v) is 6.14. The van der Waals surface area contributed by atoms with Crippen LogP contribution in [0.2, 0.25) is 5.15 Å². The van der Waals surface area contributed by atoms with Crippen LogP contribution in [-0.4, -0.2) is 30.6 Å². The second-order valence-corrected chi connectivity index (χ2v) is 8.67. The van der Waals surface area contributed by atoms with Crippen molar-refractivity contribution in [3.8, 4) is 5.69 Å². The molecule has 0 bridgehead atoms. The number of aromatic amines is 1. The first-order chi connectivity index (χ1) is 17.4. The molecule has 0 saturated carbocycles. The monoisotopic (exact) mass is 501 g/mol. The second kappa shape index (κ2) is 9.75. The van der Waals surface area contributed by atoms with Gasteiger partial charge in [0, 0.05) is 6.54 Å². The number of rotatable bonds is 6. The summed E-state index contributed by atoms with van der Waals surface area (Å²) >= 11 is 6.66. The number of fused-ring (bicyclic) bond motifs is 1. The molecule has 1 N–H and O–H groups in total. The lowest BCUT2D eigenvalue weighted by Gasteiger charge is -2.22. The summed E-state index contributed by atoms with van der Waals surface area (Å²) in [6.07, 6.45) is 0. The third kappa shape index (κ3) is 4.63. The first kappa shape index (κ1) is 23.4. The number of carbonyl (C=O) groups is 1. The number of amides is 1. The molecule has 0 radical (unpaired) electrons. The van der Waals surface area contributed by atoms with E-state index >= 15 is 0 Å². The Hall–Kier alpha value is -4.30. The molecule has 3 aromatic carbocycles. The highest BCUT2D eigenvalue weighted by atomic mass is 35.5. The summed E-state index contributed by atoms with van der Waals surface area (Å²) in [5.41, 5.74) is 2.35. The molecule has 0 aliphatic heterocycles. The molecule has 9 heteroatoms. The van der Waals surface area contributed by atoms with Crippen molar-refractivity contribution < 1.29 is 9.18 Å². The van der Waals surface area contributed by atoms with Gasteiger partial charge in [0.05, 0.1) is 34.4 Å². The van der Waals surface area contributed by atoms with Crippen LogP contribution in [0.5, 0.6) is 0 Å². The van der Waals surface area contributed by atoms with Crippen molar-refractivity contribution in [3.63, 3.8) is 0 Å². The first-order valence-electron chi connectivity index (χ1n) is 11.2. The number of carbonyl (C=O) groups excluding carboxylic acids is 1. The maximum Gasteiger partial charge on any atom is 0.259 e. The number of hydrogen-bond acceptors (Lipinski definition) is 4. The minimum absolute atomic E-state index is 0.00255. The van der Waals surface area contributed by atoms with E-state index in [4.69, 9.17) is 11.6 Å². The molecule has 0 fully saturated rings. The van der Waals surface area contributed by atoms with Crippen LogP contribution < -0.4 is 5.56 Å². The molecule has 180 valence electrons. The van der Waals surface area contributed by atoms with E-state index in [0.717, 1.165) is 5.69 Å². The van der Waals surface area contributed by atoms with E-state index < -0.39 is 0 Å². The van der Waals surface area contributed by atoms with Gasteiger partial charge in [0.2, 0.25) is 0 Å². The van der Waals surface area contributed by atoms with Crippen LogP contribution >= 0.6 is 11.6 Å². The van der Waals surface area contributed by atoms with Gasteiger partial charge < -0.3 is 9.88 Å². The van der Waals surface area contributed by atoms with Crippen molar-refractivity contribution in [2.75, 3.05) is 0 Å². The summed E-state index contributed by atoms with van der Waals surface area (Å²) in [5.74, 6) is -0.446. The molecule has 2 aromatic heterocycles. The maximum atomic E-state index is 13.8. The van der Waals surface area contributed by atoms with Crippen molar-refractivity contribution in [3.05, 3.63) is 123 Å². The molecule has 0 atom stereocenters. The van der Waals surface area contributed by atoms with Gasteiger partial charge in [-0.25, -0.2) is 14.1 Å². The van der Waals surface area contributed by atoms with Crippen LogP contribution in [-0.2, 0) is 13.1 Å². The Balaban J connectivity index is 1.55. The quantitative estimate of drug-likeness (QED) is 0.353. The van der Waals surface area contributed by atoms with E-state index in [1.54, 1.807) is 43.3 Å². The number of H-pyrrole nitrogens is 1. The summed E-state index contributed by atoms with van der Waals surface area (Å²) in [6.45, 7) is 1.86. The standard InChI is InChI=1S/C27H21ClFN5O2/c1-17-24(25(28)34(32-17)20-7-3-2-4-8-20)27(36)33(15-18-11-13-19(29)14-12-18)16-23-30-22-10-6-5-9-21(22)26(35)31-23/h2-14H,15-16H2,1H3,(H,30,31,35). The van der Waals surface area contributed by atoms with Crippen molar-refractivity contribution in [2.24, 2.45) is 0 Å². The Morgan fingerprint density at radius 1 is 1.00 bits per heavy atom. The number of nitrogens with one attached hydrogen (secondary N) is 1. The van der Waals surface area contributed by atoms with Gasteiger partial charge in [-0.2, -0.15) is 5.10 Å². The highest BCUT2D eigenvalue weighted by Gasteiger charge is 2.26. The molecule has 0 saturated heterocycles. The molecule has 0 aliphatic rings. The number of benzene rings is 3. The predicted octanol–water partition coefficient (Wildman–Crippen LogP) is 5.05. The van der Waals surface area contributed by atoms with Crippen LogP contribution in [0, 0.1) is 12.7 Å². The Morgan fingerprint density at radius 3 is 2.44 bits per heavy atom. The molecule has 1 amide bonds. The highest BCUT2D eigenvalue weighted by molar-refractivity contribution is 6.33. The summed E-state index contributed by atoms with van der Waals surface area (Å²) in [5, 5.41) is 5.11. The lowest BCUT2D eigenvalue weighted by Crippen LogP contribution is -2.32. The summed E-state index contributed by atoms with van der Waals surface area (Å²) in [4.78, 5) is 35.3. The zero-order chi connectivity index (χ0) is 25.2. The number of halogens is 2. The third-order valence-electron chi connectivity index (χ3n) is 5.80. The van der Waals surface area contributed by atoms with Gasteiger partial charge in [-0.3, -0.25) is 9.59 Å². The van der Waals surface area contributed by atoms with Crippen molar-refractivity contribution >= 4 is 28.4 Å². The fourth-order valence-corrected chi connectivity index (χ4v) is 4.39. The van der Waals surface area contributed by atoms with Crippen molar-refractivity contribution in [1.82, 2.24) is 24.6 Å². The number of aromatic nitrogens is 4. The average molecular weight is 502 g/mol. The Kier molecular flexibility index (Phi) is 6.35. The summed E-state index contributed by atoms with van der Waals surface area (Å²) in [7, 11) is 0. The molecule has 5 rings (SSSR count). The predicted molar refractivity (Wildman–Crippen MR) is 136 cm³/mol.